The van der Waals surface area contributed by atoms with E-state index in [2.05, 4.69) is 40.6 Å². The molecule has 0 unspecified atom stereocenters. The monoisotopic (exact) mass is 384 g/mol. The lowest BCUT2D eigenvalue weighted by molar-refractivity contribution is -0.120. The minimum Gasteiger partial charge on any atom is -0.355 e. The molecule has 1 aromatic carbocycles. The first-order chi connectivity index (χ1) is 13.0. The summed E-state index contributed by atoms with van der Waals surface area (Å²) in [6, 6.07) is 8.22. The van der Waals surface area contributed by atoms with Crippen LogP contribution in [-0.4, -0.2) is 32.5 Å². The Morgan fingerprint density at radius 3 is 2.89 bits per heavy atom. The van der Waals surface area contributed by atoms with Crippen LogP contribution in [0.5, 0.6) is 0 Å². The van der Waals surface area contributed by atoms with Crippen LogP contribution < -0.4 is 5.32 Å². The number of hydrogen-bond acceptors (Lipinski definition) is 4. The minimum absolute atomic E-state index is 0.0489. The molecule has 1 N–H and O–H groups in total. The van der Waals surface area contributed by atoms with Gasteiger partial charge in [-0.05, 0) is 70.6 Å². The molecule has 0 spiro atoms. The smallest absolute Gasteiger partial charge is 0.233 e. The SMILES string of the molecule is Cc1cccc(-n2c(C)nnc2S[C@@H](C)C(=O)NCCC2=CCCCC2)c1. The Morgan fingerprint density at radius 1 is 1.30 bits per heavy atom. The quantitative estimate of drug-likeness (QED) is 0.569. The summed E-state index contributed by atoms with van der Waals surface area (Å²) >= 11 is 1.45. The lowest BCUT2D eigenvalue weighted by Gasteiger charge is -2.15. The molecule has 144 valence electrons. The molecule has 5 nitrogen and oxygen atoms in total. The van der Waals surface area contributed by atoms with Gasteiger partial charge in [-0.15, -0.1) is 10.2 Å². The van der Waals surface area contributed by atoms with Gasteiger partial charge in [-0.3, -0.25) is 9.36 Å². The first-order valence-corrected chi connectivity index (χ1v) is 10.5. The molecule has 0 radical (unpaired) electrons. The molecule has 1 aliphatic carbocycles. The predicted octanol–water partition coefficient (Wildman–Crippen LogP) is 4.37. The van der Waals surface area contributed by atoms with Gasteiger partial charge < -0.3 is 5.32 Å². The highest BCUT2D eigenvalue weighted by Gasteiger charge is 2.20. The van der Waals surface area contributed by atoms with E-state index in [4.69, 9.17) is 0 Å². The summed E-state index contributed by atoms with van der Waals surface area (Å²) in [6.07, 6.45) is 8.23. The third kappa shape index (κ3) is 5.22. The lowest BCUT2D eigenvalue weighted by Crippen LogP contribution is -2.32. The second-order valence-electron chi connectivity index (χ2n) is 7.11. The molecular weight excluding hydrogens is 356 g/mol. The van der Waals surface area contributed by atoms with Gasteiger partial charge in [0.05, 0.1) is 5.25 Å². The third-order valence-corrected chi connectivity index (χ3v) is 5.88. The number of carbonyl (C=O) groups is 1. The fraction of sp³-hybridized carbons (Fsp3) is 0.476. The van der Waals surface area contributed by atoms with E-state index in [0.717, 1.165) is 23.1 Å². The number of aryl methyl sites for hydroxylation is 2. The zero-order valence-electron chi connectivity index (χ0n) is 16.4. The van der Waals surface area contributed by atoms with Gasteiger partial charge in [0.15, 0.2) is 5.16 Å². The molecule has 0 saturated carbocycles. The van der Waals surface area contributed by atoms with Crippen LogP contribution in [0.2, 0.25) is 0 Å². The standard InChI is InChI=1S/C21H28N4OS/c1-15-8-7-11-19(14-15)25-17(3)23-24-21(25)27-16(2)20(26)22-13-12-18-9-5-4-6-10-18/h7-9,11,14,16H,4-6,10,12-13H2,1-3H3,(H,22,26)/t16-/m0/s1. The van der Waals surface area contributed by atoms with Crippen molar-refractivity contribution in [3.63, 3.8) is 0 Å². The van der Waals surface area contributed by atoms with Gasteiger partial charge >= 0.3 is 0 Å². The molecule has 0 aliphatic heterocycles. The van der Waals surface area contributed by atoms with Crippen molar-refractivity contribution in [3.05, 3.63) is 47.3 Å². The highest BCUT2D eigenvalue weighted by Crippen LogP contribution is 2.26. The van der Waals surface area contributed by atoms with Gasteiger partial charge in [-0.2, -0.15) is 0 Å². The maximum atomic E-state index is 12.5. The summed E-state index contributed by atoms with van der Waals surface area (Å²) < 4.78 is 2.01. The molecule has 1 atom stereocenters. The van der Waals surface area contributed by atoms with E-state index in [1.807, 2.05) is 30.5 Å². The number of hydrogen-bond donors (Lipinski definition) is 1. The zero-order valence-corrected chi connectivity index (χ0v) is 17.2. The summed E-state index contributed by atoms with van der Waals surface area (Å²) in [4.78, 5) is 12.5. The molecule has 2 aromatic rings. The van der Waals surface area contributed by atoms with E-state index < -0.39 is 0 Å². The van der Waals surface area contributed by atoms with E-state index in [9.17, 15) is 4.79 Å². The number of allylic oxidation sites excluding steroid dienone is 1. The van der Waals surface area contributed by atoms with Crippen molar-refractivity contribution >= 4 is 17.7 Å². The first-order valence-electron chi connectivity index (χ1n) is 9.66. The summed E-state index contributed by atoms with van der Waals surface area (Å²) in [5, 5.41) is 12.1. The number of nitrogens with zero attached hydrogens (tertiary/aromatic N) is 3. The van der Waals surface area contributed by atoms with Crippen LogP contribution in [0, 0.1) is 13.8 Å². The average molecular weight is 385 g/mol. The second-order valence-corrected chi connectivity index (χ2v) is 8.42. The molecule has 3 rings (SSSR count). The van der Waals surface area contributed by atoms with E-state index in [1.54, 1.807) is 0 Å². The van der Waals surface area contributed by atoms with Crippen molar-refractivity contribution in [1.82, 2.24) is 20.1 Å². The van der Waals surface area contributed by atoms with Crippen molar-refractivity contribution in [2.75, 3.05) is 6.54 Å². The fourth-order valence-electron chi connectivity index (χ4n) is 3.32. The van der Waals surface area contributed by atoms with Gasteiger partial charge in [0.1, 0.15) is 5.82 Å². The van der Waals surface area contributed by atoms with Crippen molar-refractivity contribution in [3.8, 4) is 5.69 Å². The summed E-state index contributed by atoms with van der Waals surface area (Å²) in [5.74, 6) is 0.868. The summed E-state index contributed by atoms with van der Waals surface area (Å²) in [6.45, 7) is 6.62. The number of benzene rings is 1. The Labute approximate surface area is 165 Å². The van der Waals surface area contributed by atoms with Gasteiger partial charge in [0, 0.05) is 12.2 Å². The maximum Gasteiger partial charge on any atom is 0.233 e. The summed E-state index contributed by atoms with van der Waals surface area (Å²) in [5.41, 5.74) is 3.69. The van der Waals surface area contributed by atoms with Crippen molar-refractivity contribution in [2.45, 2.75) is 63.3 Å². The first kappa shape index (κ1) is 19.7. The molecule has 0 bridgehead atoms. The minimum atomic E-state index is -0.225. The Bertz CT molecular complexity index is 827. The molecular formula is C21H28N4OS. The van der Waals surface area contributed by atoms with Crippen molar-refractivity contribution < 1.29 is 4.79 Å². The Balaban J connectivity index is 1.60. The van der Waals surface area contributed by atoms with Crippen molar-refractivity contribution in [2.24, 2.45) is 0 Å². The number of aromatic nitrogens is 3. The molecule has 6 heteroatoms. The van der Waals surface area contributed by atoms with Crippen LogP contribution in [0.1, 0.15) is 50.4 Å². The van der Waals surface area contributed by atoms with Crippen LogP contribution in [-0.2, 0) is 4.79 Å². The normalized spacial score (nSPS) is 15.3. The molecule has 27 heavy (non-hydrogen) atoms. The fourth-order valence-corrected chi connectivity index (χ4v) is 4.25. The van der Waals surface area contributed by atoms with Crippen molar-refractivity contribution in [1.29, 1.82) is 0 Å². The molecule has 0 saturated heterocycles. The van der Waals surface area contributed by atoms with Crippen LogP contribution in [0.25, 0.3) is 5.69 Å². The molecule has 1 aliphatic rings. The topological polar surface area (TPSA) is 59.8 Å². The third-order valence-electron chi connectivity index (χ3n) is 4.84. The number of nitrogens with one attached hydrogen (secondary N) is 1. The number of rotatable bonds is 7. The largest absolute Gasteiger partial charge is 0.355 e. The molecule has 1 aromatic heterocycles. The Kier molecular flexibility index (Phi) is 6.72. The van der Waals surface area contributed by atoms with Crippen LogP contribution >= 0.6 is 11.8 Å². The zero-order chi connectivity index (χ0) is 19.2. The molecule has 1 amide bonds. The summed E-state index contributed by atoms with van der Waals surface area (Å²) in [7, 11) is 0. The van der Waals surface area contributed by atoms with E-state index in [1.165, 1.54) is 48.6 Å². The van der Waals surface area contributed by atoms with Crippen LogP contribution in [0.4, 0.5) is 0 Å². The predicted molar refractivity (Wildman–Crippen MR) is 110 cm³/mol. The van der Waals surface area contributed by atoms with Crippen LogP contribution in [0.15, 0.2) is 41.1 Å². The molecule has 1 heterocycles. The number of carbonyl (C=O) groups excluding carboxylic acids is 1. The van der Waals surface area contributed by atoms with Gasteiger partial charge in [-0.25, -0.2) is 0 Å². The maximum absolute atomic E-state index is 12.5. The van der Waals surface area contributed by atoms with E-state index >= 15 is 0 Å². The Hall–Kier alpha value is -2.08. The Morgan fingerprint density at radius 2 is 2.15 bits per heavy atom. The average Bonchev–Trinajstić information content (AvgIpc) is 3.02. The van der Waals surface area contributed by atoms with Crippen LogP contribution in [0.3, 0.4) is 0 Å². The number of amides is 1. The lowest BCUT2D eigenvalue weighted by atomic mass is 9.97. The highest BCUT2D eigenvalue weighted by atomic mass is 32.2. The number of thioether (sulfide) groups is 1. The second kappa shape index (κ2) is 9.22. The van der Waals surface area contributed by atoms with Gasteiger partial charge in [0.2, 0.25) is 5.91 Å². The molecule has 0 fully saturated rings. The van der Waals surface area contributed by atoms with Gasteiger partial charge in [0.25, 0.3) is 0 Å². The van der Waals surface area contributed by atoms with E-state index in [-0.39, 0.29) is 11.2 Å². The van der Waals surface area contributed by atoms with Gasteiger partial charge in [-0.1, -0.05) is 35.5 Å². The highest BCUT2D eigenvalue weighted by molar-refractivity contribution is 8.00. The van der Waals surface area contributed by atoms with E-state index in [0.29, 0.717) is 6.54 Å².